The summed E-state index contributed by atoms with van der Waals surface area (Å²) in [5.74, 6) is -1.59. The van der Waals surface area contributed by atoms with Crippen molar-refractivity contribution in [1.29, 1.82) is 0 Å². The summed E-state index contributed by atoms with van der Waals surface area (Å²) in [6.45, 7) is 2.98. The summed E-state index contributed by atoms with van der Waals surface area (Å²) in [7, 11) is 1.84. The fourth-order valence-corrected chi connectivity index (χ4v) is 1.15. The minimum atomic E-state index is -1.10. The molecule has 0 saturated carbocycles. The third-order valence-corrected chi connectivity index (χ3v) is 2.15. The van der Waals surface area contributed by atoms with Crippen molar-refractivity contribution in [2.45, 2.75) is 12.5 Å². The molecule has 1 amide bonds. The first-order valence-electron chi connectivity index (χ1n) is 6.13. The van der Waals surface area contributed by atoms with Crippen LogP contribution in [0, 0.1) is 0 Å². The number of nitrogens with two attached hydrogens (primary N) is 1. The van der Waals surface area contributed by atoms with Crippen LogP contribution in [0.25, 0.3) is 0 Å². The van der Waals surface area contributed by atoms with Crippen LogP contribution in [0.5, 0.6) is 0 Å². The number of likely N-dealkylation sites (N-methyl/N-ethyl adjacent to an activating group) is 1. The molecule has 0 fully saturated rings. The summed E-state index contributed by atoms with van der Waals surface area (Å²) in [5.41, 5.74) is 5.37. The molecule has 0 aromatic heterocycles. The maximum Gasteiger partial charge on any atom is 0.305 e. The van der Waals surface area contributed by atoms with Gasteiger partial charge in [-0.15, -0.1) is 0 Å². The highest BCUT2D eigenvalue weighted by atomic mass is 16.5. The van der Waals surface area contributed by atoms with Crippen molar-refractivity contribution < 1.29 is 24.2 Å². The number of amides is 1. The van der Waals surface area contributed by atoms with E-state index in [1.54, 1.807) is 0 Å². The molecule has 0 aliphatic rings. The van der Waals surface area contributed by atoms with E-state index in [0.717, 1.165) is 6.54 Å². The molecule has 0 rings (SSSR count). The molecule has 0 bridgehead atoms. The van der Waals surface area contributed by atoms with Gasteiger partial charge >= 0.3 is 5.97 Å². The molecule has 112 valence electrons. The molecule has 8 nitrogen and oxygen atoms in total. The van der Waals surface area contributed by atoms with Gasteiger partial charge in [-0.25, -0.2) is 0 Å². The molecule has 8 heteroatoms. The molecule has 0 heterocycles. The van der Waals surface area contributed by atoms with Crippen molar-refractivity contribution in [2.24, 2.45) is 5.73 Å². The lowest BCUT2D eigenvalue weighted by Gasteiger charge is -2.10. The second kappa shape index (κ2) is 11.8. The fourth-order valence-electron chi connectivity index (χ4n) is 1.15. The lowest BCUT2D eigenvalue weighted by Crippen LogP contribution is -2.43. The number of carbonyl (C=O) groups is 2. The molecule has 0 aliphatic carbocycles. The van der Waals surface area contributed by atoms with Crippen LogP contribution in [0.1, 0.15) is 6.42 Å². The highest BCUT2D eigenvalue weighted by Gasteiger charge is 2.15. The lowest BCUT2D eigenvalue weighted by atomic mass is 10.2. The Morgan fingerprint density at radius 2 is 1.74 bits per heavy atom. The number of carboxylic acids is 1. The largest absolute Gasteiger partial charge is 0.481 e. The van der Waals surface area contributed by atoms with Gasteiger partial charge in [0, 0.05) is 13.1 Å². The van der Waals surface area contributed by atoms with Crippen molar-refractivity contribution in [2.75, 3.05) is 46.6 Å². The Hall–Kier alpha value is -1.22. The van der Waals surface area contributed by atoms with E-state index in [1.165, 1.54) is 0 Å². The van der Waals surface area contributed by atoms with Crippen LogP contribution < -0.4 is 16.4 Å². The van der Waals surface area contributed by atoms with E-state index in [0.29, 0.717) is 33.0 Å². The Morgan fingerprint density at radius 1 is 1.16 bits per heavy atom. The number of carbonyl (C=O) groups excluding carboxylic acids is 1. The lowest BCUT2D eigenvalue weighted by molar-refractivity contribution is -0.139. The van der Waals surface area contributed by atoms with E-state index in [-0.39, 0.29) is 6.42 Å². The van der Waals surface area contributed by atoms with Crippen LogP contribution in [0.4, 0.5) is 0 Å². The minimum Gasteiger partial charge on any atom is -0.481 e. The van der Waals surface area contributed by atoms with Crippen LogP contribution in [0.15, 0.2) is 0 Å². The van der Waals surface area contributed by atoms with Crippen molar-refractivity contribution in [3.63, 3.8) is 0 Å². The predicted molar refractivity (Wildman–Crippen MR) is 68.8 cm³/mol. The summed E-state index contributed by atoms with van der Waals surface area (Å²) < 4.78 is 10.4. The number of ether oxygens (including phenoxy) is 2. The van der Waals surface area contributed by atoms with Gasteiger partial charge in [0.15, 0.2) is 0 Å². The molecule has 5 N–H and O–H groups in total. The molecular formula is C11H23N3O5. The minimum absolute atomic E-state index is 0.294. The number of nitrogens with one attached hydrogen (secondary N) is 2. The summed E-state index contributed by atoms with van der Waals surface area (Å²) in [5, 5.41) is 13.9. The summed E-state index contributed by atoms with van der Waals surface area (Å²) >= 11 is 0. The average Bonchev–Trinajstić information content (AvgIpc) is 2.35. The van der Waals surface area contributed by atoms with Crippen LogP contribution in [0.3, 0.4) is 0 Å². The van der Waals surface area contributed by atoms with Crippen molar-refractivity contribution >= 4 is 11.9 Å². The van der Waals surface area contributed by atoms with Crippen LogP contribution in [0.2, 0.25) is 0 Å². The monoisotopic (exact) mass is 277 g/mol. The normalized spacial score (nSPS) is 12.1. The van der Waals surface area contributed by atoms with E-state index < -0.39 is 17.9 Å². The first-order chi connectivity index (χ1) is 9.07. The second-order valence-corrected chi connectivity index (χ2v) is 3.82. The fraction of sp³-hybridized carbons (Fsp3) is 0.818. The maximum atomic E-state index is 11.3. The zero-order valence-electron chi connectivity index (χ0n) is 11.2. The first-order valence-corrected chi connectivity index (χ1v) is 6.13. The third-order valence-electron chi connectivity index (χ3n) is 2.15. The van der Waals surface area contributed by atoms with Gasteiger partial charge in [-0.05, 0) is 7.05 Å². The zero-order valence-corrected chi connectivity index (χ0v) is 11.2. The Kier molecular flexibility index (Phi) is 11.1. The van der Waals surface area contributed by atoms with E-state index in [1.807, 2.05) is 7.05 Å². The van der Waals surface area contributed by atoms with Gasteiger partial charge < -0.3 is 30.9 Å². The van der Waals surface area contributed by atoms with Gasteiger partial charge in [0.2, 0.25) is 5.91 Å². The maximum absolute atomic E-state index is 11.3. The second-order valence-electron chi connectivity index (χ2n) is 3.82. The summed E-state index contributed by atoms with van der Waals surface area (Å²) in [6, 6.07) is -1.03. The van der Waals surface area contributed by atoms with Crippen LogP contribution in [-0.4, -0.2) is 69.6 Å². The molecule has 0 saturated heterocycles. The van der Waals surface area contributed by atoms with E-state index >= 15 is 0 Å². The SMILES string of the molecule is CNCCOCCOCCNC(=O)[C@@H](N)CC(=O)O. The first kappa shape index (κ1) is 17.8. The molecule has 0 aromatic carbocycles. The van der Waals surface area contributed by atoms with Gasteiger partial charge in [-0.1, -0.05) is 0 Å². The molecule has 19 heavy (non-hydrogen) atoms. The van der Waals surface area contributed by atoms with Gasteiger partial charge in [0.05, 0.1) is 38.9 Å². The topological polar surface area (TPSA) is 123 Å². The Labute approximate surface area is 112 Å². The number of hydrogen-bond donors (Lipinski definition) is 4. The van der Waals surface area contributed by atoms with Crippen LogP contribution in [-0.2, 0) is 19.1 Å². The highest BCUT2D eigenvalue weighted by molar-refractivity contribution is 5.85. The molecule has 0 spiro atoms. The van der Waals surface area contributed by atoms with E-state index in [4.69, 9.17) is 20.3 Å². The van der Waals surface area contributed by atoms with Crippen LogP contribution >= 0.6 is 0 Å². The zero-order chi connectivity index (χ0) is 14.5. The number of aliphatic carboxylic acids is 1. The van der Waals surface area contributed by atoms with Gasteiger partial charge in [-0.3, -0.25) is 9.59 Å². The standard InChI is InChI=1S/C11H23N3O5/c1-13-2-4-18-6-7-19-5-3-14-11(17)9(12)8-10(15)16/h9,13H,2-8,12H2,1H3,(H,14,17)(H,15,16)/t9-/m0/s1. The molecule has 0 unspecified atom stereocenters. The molecule has 1 atom stereocenters. The Bertz CT molecular complexity index is 263. The van der Waals surface area contributed by atoms with Crippen molar-refractivity contribution in [1.82, 2.24) is 10.6 Å². The Balaban J connectivity index is 3.34. The van der Waals surface area contributed by atoms with Gasteiger partial charge in [-0.2, -0.15) is 0 Å². The van der Waals surface area contributed by atoms with E-state index in [9.17, 15) is 9.59 Å². The highest BCUT2D eigenvalue weighted by Crippen LogP contribution is 1.88. The quantitative estimate of drug-likeness (QED) is 0.309. The average molecular weight is 277 g/mol. The smallest absolute Gasteiger partial charge is 0.305 e. The van der Waals surface area contributed by atoms with Gasteiger partial charge in [0.1, 0.15) is 0 Å². The van der Waals surface area contributed by atoms with E-state index in [2.05, 4.69) is 10.6 Å². The van der Waals surface area contributed by atoms with Crippen molar-refractivity contribution in [3.8, 4) is 0 Å². The molecular weight excluding hydrogens is 254 g/mol. The number of carboxylic acid groups (broad SMARTS) is 1. The Morgan fingerprint density at radius 3 is 2.26 bits per heavy atom. The summed E-state index contributed by atoms with van der Waals surface area (Å²) in [6.07, 6.45) is -0.383. The number of rotatable bonds is 12. The predicted octanol–water partition coefficient (Wildman–Crippen LogP) is -1.84. The third kappa shape index (κ3) is 11.6. The summed E-state index contributed by atoms with van der Waals surface area (Å²) in [4.78, 5) is 21.6. The van der Waals surface area contributed by atoms with Crippen molar-refractivity contribution in [3.05, 3.63) is 0 Å². The molecule has 0 radical (unpaired) electrons. The van der Waals surface area contributed by atoms with Gasteiger partial charge in [0.25, 0.3) is 0 Å². The molecule has 0 aliphatic heterocycles. The number of hydrogen-bond acceptors (Lipinski definition) is 6. The molecule has 0 aromatic rings.